The van der Waals surface area contributed by atoms with Crippen LogP contribution in [0.15, 0.2) is 0 Å². The number of carbonyl (C=O) groups excluding carboxylic acids is 2. The fraction of sp³-hybridized carbons (Fsp3) is 0.850. The first kappa shape index (κ1) is 29.0. The van der Waals surface area contributed by atoms with Crippen molar-refractivity contribution in [2.24, 2.45) is 0 Å². The molecule has 0 rings (SSSR count). The maximum Gasteiger partial charge on any atom is 0.303 e. The van der Waals surface area contributed by atoms with Gasteiger partial charge in [0.25, 0.3) is 0 Å². The molecule has 6 heteroatoms. The van der Waals surface area contributed by atoms with Gasteiger partial charge >= 0.3 is 5.97 Å². The van der Waals surface area contributed by atoms with Gasteiger partial charge in [-0.2, -0.15) is 0 Å². The monoisotopic (exact) mass is 370 g/mol. The van der Waals surface area contributed by atoms with Crippen molar-refractivity contribution < 1.29 is 19.5 Å². The van der Waals surface area contributed by atoms with E-state index in [-0.39, 0.29) is 0 Å². The number of hydrogen-bond donors (Lipinski definition) is 3. The molecule has 0 aromatic carbocycles. The fourth-order valence-corrected chi connectivity index (χ4v) is 2.65. The Balaban J connectivity index is -0.000000768. The lowest BCUT2D eigenvalue weighted by Gasteiger charge is -2.03. The van der Waals surface area contributed by atoms with Gasteiger partial charge in [-0.15, -0.1) is 0 Å². The summed E-state index contributed by atoms with van der Waals surface area (Å²) in [5, 5.41) is 19.3. The van der Waals surface area contributed by atoms with E-state index in [1.807, 2.05) is 0 Å². The molecular weight excluding hydrogens is 332 g/mol. The van der Waals surface area contributed by atoms with Gasteiger partial charge in [0.05, 0.1) is 0 Å². The molecule has 0 aliphatic heterocycles. The third-order valence-corrected chi connectivity index (χ3v) is 3.99. The third kappa shape index (κ3) is 43.2. The minimum atomic E-state index is -0.653. The highest BCUT2D eigenvalue weighted by Gasteiger charge is 1.97. The number of rotatable bonds is 16. The van der Waals surface area contributed by atoms with Crippen LogP contribution in [-0.2, 0) is 14.4 Å². The summed E-state index contributed by atoms with van der Waals surface area (Å²) in [6.07, 6.45) is 21.7. The minimum absolute atomic E-state index is 0.345. The Hall–Kier alpha value is -1.77. The van der Waals surface area contributed by atoms with Crippen LogP contribution in [0.5, 0.6) is 0 Å². The largest absolute Gasteiger partial charge is 0.481 e. The van der Waals surface area contributed by atoms with Gasteiger partial charge in [0, 0.05) is 6.42 Å². The van der Waals surface area contributed by atoms with Crippen molar-refractivity contribution in [1.82, 2.24) is 0 Å². The zero-order valence-corrected chi connectivity index (χ0v) is 16.5. The summed E-state index contributed by atoms with van der Waals surface area (Å²) in [6, 6.07) is 0. The maximum atomic E-state index is 10.3. The lowest BCUT2D eigenvalue weighted by Crippen LogP contribution is -1.93. The van der Waals surface area contributed by atoms with E-state index in [0.717, 1.165) is 25.0 Å². The number of isocyanates is 2. The smallest absolute Gasteiger partial charge is 0.303 e. The molecule has 26 heavy (non-hydrogen) atoms. The predicted molar refractivity (Wildman–Crippen MR) is 104 cm³/mol. The van der Waals surface area contributed by atoms with Gasteiger partial charge in [-0.25, -0.2) is 20.4 Å². The summed E-state index contributed by atoms with van der Waals surface area (Å²) < 4.78 is 0. The molecule has 3 N–H and O–H groups in total. The molecule has 6 nitrogen and oxygen atoms in total. The summed E-state index contributed by atoms with van der Waals surface area (Å²) >= 11 is 0. The molecule has 0 aliphatic rings. The molecule has 0 amide bonds. The first-order valence-corrected chi connectivity index (χ1v) is 9.90. The molecule has 0 fully saturated rings. The summed E-state index contributed by atoms with van der Waals surface area (Å²) in [5.74, 6) is -0.653. The molecule has 0 atom stereocenters. The van der Waals surface area contributed by atoms with E-state index >= 15 is 0 Å². The number of carboxylic acids is 1. The highest BCUT2D eigenvalue weighted by molar-refractivity contribution is 5.66. The van der Waals surface area contributed by atoms with Gasteiger partial charge in [-0.05, 0) is 6.42 Å². The highest BCUT2D eigenvalue weighted by Crippen LogP contribution is 2.13. The van der Waals surface area contributed by atoms with Crippen molar-refractivity contribution >= 4 is 18.1 Å². The maximum absolute atomic E-state index is 10.3. The molecule has 152 valence electrons. The lowest BCUT2D eigenvalue weighted by molar-refractivity contribution is -0.137. The normalized spacial score (nSPS) is 8.96. The fourth-order valence-electron chi connectivity index (χ4n) is 2.65. The van der Waals surface area contributed by atoms with Gasteiger partial charge in [-0.1, -0.05) is 96.8 Å². The summed E-state index contributed by atoms with van der Waals surface area (Å²) in [6.45, 7) is 2.27. The second kappa shape index (κ2) is 31.0. The van der Waals surface area contributed by atoms with E-state index < -0.39 is 5.97 Å². The van der Waals surface area contributed by atoms with E-state index in [4.69, 9.17) is 25.5 Å². The predicted octanol–water partition coefficient (Wildman–Crippen LogP) is 6.13. The second-order valence-corrected chi connectivity index (χ2v) is 6.30. The third-order valence-electron chi connectivity index (χ3n) is 3.99. The summed E-state index contributed by atoms with van der Waals surface area (Å²) in [4.78, 5) is 27.0. The van der Waals surface area contributed by atoms with Crippen molar-refractivity contribution in [3.8, 4) is 0 Å². The Morgan fingerprint density at radius 1 is 0.654 bits per heavy atom. The highest BCUT2D eigenvalue weighted by atomic mass is 16.4. The minimum Gasteiger partial charge on any atom is -0.481 e. The van der Waals surface area contributed by atoms with Gasteiger partial charge < -0.3 is 5.11 Å². The molecule has 0 radical (unpaired) electrons. The molecule has 0 aromatic rings. The number of unbranched alkanes of at least 4 members (excludes halogenated alkanes) is 14. The molecule has 0 aliphatic carbocycles. The molecule has 0 bridgehead atoms. The van der Waals surface area contributed by atoms with Crippen molar-refractivity contribution in [3.63, 3.8) is 0 Å². The van der Waals surface area contributed by atoms with Crippen molar-refractivity contribution in [3.05, 3.63) is 0 Å². The lowest BCUT2D eigenvalue weighted by atomic mass is 10.0. The van der Waals surface area contributed by atoms with E-state index in [9.17, 15) is 4.79 Å². The van der Waals surface area contributed by atoms with E-state index in [0.29, 0.717) is 6.42 Å². The first-order valence-electron chi connectivity index (χ1n) is 9.90. The van der Waals surface area contributed by atoms with E-state index in [2.05, 4.69) is 6.92 Å². The van der Waals surface area contributed by atoms with Gasteiger partial charge in [0.1, 0.15) is 0 Å². The Labute approximate surface area is 158 Å². The molecule has 0 unspecified atom stereocenters. The van der Waals surface area contributed by atoms with Crippen LogP contribution in [0.3, 0.4) is 0 Å². The van der Waals surface area contributed by atoms with E-state index in [1.54, 1.807) is 0 Å². The molecule has 0 saturated carbocycles. The Morgan fingerprint density at radius 2 is 0.885 bits per heavy atom. The van der Waals surface area contributed by atoms with Crippen LogP contribution in [0.1, 0.15) is 110 Å². The SMILES string of the molecule is CCCCCCCCCCCCCCCCCC(=O)O.N=C=O.N=C=O. The van der Waals surface area contributed by atoms with E-state index in [1.165, 1.54) is 83.5 Å². The van der Waals surface area contributed by atoms with Crippen LogP contribution in [-0.4, -0.2) is 23.2 Å². The van der Waals surface area contributed by atoms with Crippen molar-refractivity contribution in [1.29, 1.82) is 10.8 Å². The quantitative estimate of drug-likeness (QED) is 0.172. The standard InChI is InChI=1S/C18H36O2.2CHNO/c1-2-3-4-5-6-7-8-9-10-11-12-13-14-15-16-17-18(19)20;2*2-1-3/h2-17H2,1H3,(H,19,20);2*2H. The topological polar surface area (TPSA) is 119 Å². The Bertz CT molecular complexity index is 336. The Kier molecular flexibility index (Phi) is 34.6. The van der Waals surface area contributed by atoms with Gasteiger partial charge in [0.2, 0.25) is 12.2 Å². The number of carboxylic acid groups (broad SMARTS) is 1. The summed E-state index contributed by atoms with van der Waals surface area (Å²) in [7, 11) is 0. The second-order valence-electron chi connectivity index (χ2n) is 6.30. The average Bonchev–Trinajstić information content (AvgIpc) is 2.59. The molecule has 0 aromatic heterocycles. The van der Waals surface area contributed by atoms with Crippen LogP contribution in [0.25, 0.3) is 0 Å². The molecule has 0 saturated heterocycles. The molecular formula is C20H38N2O4. The number of hydrogen-bond acceptors (Lipinski definition) is 5. The first-order chi connectivity index (χ1) is 12.6. The zero-order chi connectivity index (χ0) is 20.3. The number of carbonyl (C=O) groups is 1. The van der Waals surface area contributed by atoms with Crippen molar-refractivity contribution in [2.45, 2.75) is 110 Å². The molecule has 0 spiro atoms. The number of nitrogens with one attached hydrogen (secondary N) is 2. The van der Waals surface area contributed by atoms with Crippen LogP contribution >= 0.6 is 0 Å². The van der Waals surface area contributed by atoms with Crippen LogP contribution in [0.2, 0.25) is 0 Å². The van der Waals surface area contributed by atoms with Crippen molar-refractivity contribution in [2.75, 3.05) is 0 Å². The molecule has 0 heterocycles. The average molecular weight is 371 g/mol. The Morgan fingerprint density at radius 3 is 1.12 bits per heavy atom. The van der Waals surface area contributed by atoms with Crippen LogP contribution in [0.4, 0.5) is 0 Å². The number of aliphatic carboxylic acids is 1. The van der Waals surface area contributed by atoms with Crippen LogP contribution < -0.4 is 0 Å². The van der Waals surface area contributed by atoms with Gasteiger partial charge in [0.15, 0.2) is 0 Å². The zero-order valence-electron chi connectivity index (χ0n) is 16.5. The summed E-state index contributed by atoms with van der Waals surface area (Å²) in [5.41, 5.74) is 0. The van der Waals surface area contributed by atoms with Crippen LogP contribution in [0, 0.1) is 10.8 Å². The van der Waals surface area contributed by atoms with Gasteiger partial charge in [-0.3, -0.25) is 4.79 Å².